The summed E-state index contributed by atoms with van der Waals surface area (Å²) in [4.78, 5) is 0.00565. The van der Waals surface area contributed by atoms with Crippen molar-refractivity contribution in [3.05, 3.63) is 23.8 Å². The van der Waals surface area contributed by atoms with Gasteiger partial charge in [0.25, 0.3) is 0 Å². The minimum atomic E-state index is -3.67. The molecule has 0 aromatic heterocycles. The summed E-state index contributed by atoms with van der Waals surface area (Å²) in [6.45, 7) is 1.63. The molecule has 6 nitrogen and oxygen atoms in total. The molecule has 1 saturated heterocycles. The Kier molecular flexibility index (Phi) is 4.04. The highest BCUT2D eigenvalue weighted by atomic mass is 32.2. The number of hydrogen-bond donors (Lipinski definition) is 1. The molecule has 1 heterocycles. The quantitative estimate of drug-likeness (QED) is 0.799. The van der Waals surface area contributed by atoms with Crippen molar-refractivity contribution in [1.82, 2.24) is 4.31 Å². The molecule has 0 radical (unpaired) electrons. The molecule has 0 unspecified atom stereocenters. The van der Waals surface area contributed by atoms with Crippen LogP contribution in [0, 0.1) is 11.3 Å². The SMILES string of the molecule is N#Cc1cc(N)ccc1S(=O)(=O)N1CCCOCC1. The second-order valence-electron chi connectivity index (χ2n) is 4.24. The molecule has 0 aliphatic carbocycles. The molecule has 0 atom stereocenters. The van der Waals surface area contributed by atoms with Gasteiger partial charge in [-0.25, -0.2) is 8.42 Å². The normalized spacial score (nSPS) is 17.6. The first kappa shape index (κ1) is 13.8. The molecule has 0 amide bonds. The molecule has 19 heavy (non-hydrogen) atoms. The minimum Gasteiger partial charge on any atom is -0.399 e. The molecule has 2 N–H and O–H groups in total. The molecule has 1 aliphatic rings. The fraction of sp³-hybridized carbons (Fsp3) is 0.417. The molecule has 0 bridgehead atoms. The van der Waals surface area contributed by atoms with Gasteiger partial charge in [-0.05, 0) is 24.6 Å². The number of hydrogen-bond acceptors (Lipinski definition) is 5. The van der Waals surface area contributed by atoms with Gasteiger partial charge < -0.3 is 10.5 Å². The molecule has 1 fully saturated rings. The second kappa shape index (κ2) is 5.57. The highest BCUT2D eigenvalue weighted by molar-refractivity contribution is 7.89. The second-order valence-corrected chi connectivity index (χ2v) is 6.14. The Morgan fingerprint density at radius 2 is 2.11 bits per heavy atom. The zero-order valence-electron chi connectivity index (χ0n) is 10.4. The van der Waals surface area contributed by atoms with Gasteiger partial charge in [-0.2, -0.15) is 9.57 Å². The van der Waals surface area contributed by atoms with Crippen LogP contribution in [0.5, 0.6) is 0 Å². The van der Waals surface area contributed by atoms with Gasteiger partial charge in [0.1, 0.15) is 11.0 Å². The van der Waals surface area contributed by atoms with Gasteiger partial charge in [-0.15, -0.1) is 0 Å². The zero-order valence-corrected chi connectivity index (χ0v) is 11.2. The van der Waals surface area contributed by atoms with E-state index >= 15 is 0 Å². The number of nitrogens with two attached hydrogens (primary N) is 1. The summed E-state index contributed by atoms with van der Waals surface area (Å²) in [6, 6.07) is 6.13. The van der Waals surface area contributed by atoms with Crippen LogP contribution in [0.4, 0.5) is 5.69 Å². The fourth-order valence-electron chi connectivity index (χ4n) is 1.96. The van der Waals surface area contributed by atoms with Crippen molar-refractivity contribution in [1.29, 1.82) is 5.26 Å². The number of anilines is 1. The minimum absolute atomic E-state index is 0.00565. The monoisotopic (exact) mass is 281 g/mol. The van der Waals surface area contributed by atoms with Gasteiger partial charge in [0.05, 0.1) is 12.2 Å². The standard InChI is InChI=1S/C12H15N3O3S/c13-9-10-8-11(14)2-3-12(10)19(16,17)15-4-1-6-18-7-5-15/h2-3,8H,1,4-7,14H2. The number of nitriles is 1. The lowest BCUT2D eigenvalue weighted by atomic mass is 10.2. The molecule has 7 heteroatoms. The number of nitrogen functional groups attached to an aromatic ring is 1. The number of benzene rings is 1. The first-order chi connectivity index (χ1) is 9.05. The average Bonchev–Trinajstić information content (AvgIpc) is 2.67. The van der Waals surface area contributed by atoms with Crippen molar-refractivity contribution in [2.45, 2.75) is 11.3 Å². The summed E-state index contributed by atoms with van der Waals surface area (Å²) in [5.41, 5.74) is 6.01. The predicted octanol–water partition coefficient (Wildman–Crippen LogP) is 0.551. The molecule has 1 aromatic rings. The van der Waals surface area contributed by atoms with Crippen LogP contribution >= 0.6 is 0 Å². The van der Waals surface area contributed by atoms with Crippen LogP contribution in [-0.4, -0.2) is 39.0 Å². The van der Waals surface area contributed by atoms with E-state index in [4.69, 9.17) is 15.7 Å². The summed E-state index contributed by atoms with van der Waals surface area (Å²) in [6.07, 6.45) is 0.649. The number of ether oxygens (including phenoxy) is 1. The number of nitrogens with zero attached hydrogens (tertiary/aromatic N) is 2. The van der Waals surface area contributed by atoms with Gasteiger partial charge in [0.2, 0.25) is 10.0 Å². The van der Waals surface area contributed by atoms with Crippen LogP contribution in [0.2, 0.25) is 0 Å². The molecule has 1 aromatic carbocycles. The van der Waals surface area contributed by atoms with Crippen LogP contribution in [0.15, 0.2) is 23.1 Å². The van der Waals surface area contributed by atoms with Crippen molar-refractivity contribution in [3.8, 4) is 6.07 Å². The largest absolute Gasteiger partial charge is 0.399 e. The van der Waals surface area contributed by atoms with Gasteiger partial charge in [-0.1, -0.05) is 0 Å². The van der Waals surface area contributed by atoms with E-state index in [0.29, 0.717) is 38.4 Å². The van der Waals surface area contributed by atoms with E-state index < -0.39 is 10.0 Å². The third kappa shape index (κ3) is 2.87. The van der Waals surface area contributed by atoms with E-state index in [1.54, 1.807) is 0 Å². The van der Waals surface area contributed by atoms with E-state index in [2.05, 4.69) is 0 Å². The van der Waals surface area contributed by atoms with Gasteiger partial charge in [0.15, 0.2) is 0 Å². The Labute approximate surface area is 112 Å². The van der Waals surface area contributed by atoms with Crippen LogP contribution in [0.1, 0.15) is 12.0 Å². The summed E-state index contributed by atoms with van der Waals surface area (Å²) in [7, 11) is -3.67. The first-order valence-corrected chi connectivity index (χ1v) is 7.37. The summed E-state index contributed by atoms with van der Waals surface area (Å²) >= 11 is 0. The van der Waals surface area contributed by atoms with Crippen LogP contribution in [0.25, 0.3) is 0 Å². The van der Waals surface area contributed by atoms with Gasteiger partial charge >= 0.3 is 0 Å². The van der Waals surface area contributed by atoms with Crippen LogP contribution < -0.4 is 5.73 Å². The third-order valence-corrected chi connectivity index (χ3v) is 4.88. The lowest BCUT2D eigenvalue weighted by molar-refractivity contribution is 0.148. The molecule has 102 valence electrons. The summed E-state index contributed by atoms with van der Waals surface area (Å²) in [5.74, 6) is 0. The Morgan fingerprint density at radius 3 is 2.84 bits per heavy atom. The average molecular weight is 281 g/mol. The predicted molar refractivity (Wildman–Crippen MR) is 69.8 cm³/mol. The molecule has 0 saturated carbocycles. The first-order valence-electron chi connectivity index (χ1n) is 5.93. The molecular weight excluding hydrogens is 266 g/mol. The molecule has 2 rings (SSSR count). The Balaban J connectivity index is 2.41. The van der Waals surface area contributed by atoms with Gasteiger partial charge in [0, 0.05) is 25.4 Å². The lowest BCUT2D eigenvalue weighted by Crippen LogP contribution is -2.33. The summed E-state index contributed by atoms with van der Waals surface area (Å²) < 4.78 is 31.6. The maximum Gasteiger partial charge on any atom is 0.244 e. The van der Waals surface area contributed by atoms with E-state index in [1.165, 1.54) is 22.5 Å². The lowest BCUT2D eigenvalue weighted by Gasteiger charge is -2.20. The van der Waals surface area contributed by atoms with Crippen molar-refractivity contribution in [2.75, 3.05) is 32.0 Å². The number of sulfonamides is 1. The Morgan fingerprint density at radius 1 is 1.32 bits per heavy atom. The zero-order chi connectivity index (χ0) is 13.9. The van der Waals surface area contributed by atoms with Gasteiger partial charge in [-0.3, -0.25) is 0 Å². The Bertz CT molecular complexity index is 599. The van der Waals surface area contributed by atoms with Crippen molar-refractivity contribution < 1.29 is 13.2 Å². The highest BCUT2D eigenvalue weighted by Crippen LogP contribution is 2.22. The van der Waals surface area contributed by atoms with Crippen LogP contribution in [0.3, 0.4) is 0 Å². The highest BCUT2D eigenvalue weighted by Gasteiger charge is 2.27. The van der Waals surface area contributed by atoms with E-state index in [9.17, 15) is 8.42 Å². The fourth-order valence-corrected chi connectivity index (χ4v) is 3.55. The van der Waals surface area contributed by atoms with Crippen molar-refractivity contribution in [3.63, 3.8) is 0 Å². The van der Waals surface area contributed by atoms with Crippen molar-refractivity contribution in [2.24, 2.45) is 0 Å². The van der Waals surface area contributed by atoms with E-state index in [1.807, 2.05) is 6.07 Å². The van der Waals surface area contributed by atoms with Crippen LogP contribution in [-0.2, 0) is 14.8 Å². The Hall–Kier alpha value is -1.62. The van der Waals surface area contributed by atoms with Crippen molar-refractivity contribution >= 4 is 15.7 Å². The maximum atomic E-state index is 12.5. The van der Waals surface area contributed by atoms with E-state index in [0.717, 1.165) is 0 Å². The molecular formula is C12H15N3O3S. The molecule has 0 spiro atoms. The number of rotatable bonds is 2. The molecule has 1 aliphatic heterocycles. The topological polar surface area (TPSA) is 96.4 Å². The third-order valence-electron chi connectivity index (χ3n) is 2.92. The smallest absolute Gasteiger partial charge is 0.244 e. The maximum absolute atomic E-state index is 12.5. The summed E-state index contributed by atoms with van der Waals surface area (Å²) in [5, 5.41) is 9.05. The van der Waals surface area contributed by atoms with E-state index in [-0.39, 0.29) is 10.5 Å².